The average Bonchev–Trinajstić information content (AvgIpc) is 2.87. The van der Waals surface area contributed by atoms with Crippen LogP contribution in [0.25, 0.3) is 0 Å². The Balaban J connectivity index is 1.56. The van der Waals surface area contributed by atoms with Crippen molar-refractivity contribution in [2.45, 2.75) is 45.8 Å². The van der Waals surface area contributed by atoms with E-state index in [0.717, 1.165) is 24.2 Å². The molecule has 0 unspecified atom stereocenters. The van der Waals surface area contributed by atoms with Crippen molar-refractivity contribution < 1.29 is 18.8 Å². The lowest BCUT2D eigenvalue weighted by molar-refractivity contribution is 0.0240. The van der Waals surface area contributed by atoms with Crippen LogP contribution in [-0.4, -0.2) is 55.5 Å². The van der Waals surface area contributed by atoms with Crippen molar-refractivity contribution in [2.75, 3.05) is 31.1 Å². The fourth-order valence-electron chi connectivity index (χ4n) is 3.08. The Morgan fingerprint density at radius 3 is 2.22 bits per heavy atom. The summed E-state index contributed by atoms with van der Waals surface area (Å²) < 4.78 is 17.1. The maximum Gasteiger partial charge on any atom is 0.563 e. The van der Waals surface area contributed by atoms with Gasteiger partial charge in [-0.2, -0.15) is 0 Å². The Morgan fingerprint density at radius 1 is 1.15 bits per heavy atom. The lowest BCUT2D eigenvalue weighted by atomic mass is 9.79. The van der Waals surface area contributed by atoms with Gasteiger partial charge in [-0.1, -0.05) is 18.7 Å². The molecule has 2 fully saturated rings. The third-order valence-corrected chi connectivity index (χ3v) is 4.78. The van der Waals surface area contributed by atoms with Gasteiger partial charge in [-0.15, -0.1) is 0 Å². The maximum atomic E-state index is 12.2. The summed E-state index contributed by atoms with van der Waals surface area (Å²) in [6, 6.07) is 8.18. The highest BCUT2D eigenvalue weighted by Gasteiger charge is 2.42. The molecule has 1 aromatic carbocycles. The van der Waals surface area contributed by atoms with Crippen LogP contribution in [0.15, 0.2) is 36.6 Å². The van der Waals surface area contributed by atoms with Gasteiger partial charge in [0.15, 0.2) is 0 Å². The number of carbonyl (C=O) groups excluding carboxylic acids is 1. The lowest BCUT2D eigenvalue weighted by Crippen LogP contribution is -2.50. The van der Waals surface area contributed by atoms with Crippen LogP contribution in [0.1, 0.15) is 34.6 Å². The number of carbonyl (C=O) groups is 1. The molecule has 0 atom stereocenters. The van der Waals surface area contributed by atoms with E-state index in [2.05, 4.69) is 23.6 Å². The number of amides is 1. The first-order valence-corrected chi connectivity index (χ1v) is 9.42. The summed E-state index contributed by atoms with van der Waals surface area (Å²) in [5.41, 5.74) is 1.16. The van der Waals surface area contributed by atoms with Crippen LogP contribution in [0.5, 0.6) is 0 Å². The number of anilines is 1. The minimum atomic E-state index is -0.471. The van der Waals surface area contributed by atoms with Crippen LogP contribution >= 0.6 is 0 Å². The predicted octanol–water partition coefficient (Wildman–Crippen LogP) is 2.78. The molecule has 0 aromatic heterocycles. The average molecular weight is 372 g/mol. The standard InChI is InChI=1S/C20H29BN2O4/c1-15-20(5,6)27-21(26-15)16-7-9-17(10-8-16)22-11-13-23(14-12-22)18(24)25-19(2,3)4/h7-10H,1,11-14H2,2-6H3. The minimum Gasteiger partial charge on any atom is -0.534 e. The quantitative estimate of drug-likeness (QED) is 0.748. The van der Waals surface area contributed by atoms with Gasteiger partial charge in [0.1, 0.15) is 11.2 Å². The maximum absolute atomic E-state index is 12.2. The Hall–Kier alpha value is -2.15. The van der Waals surface area contributed by atoms with Gasteiger partial charge >= 0.3 is 13.2 Å². The van der Waals surface area contributed by atoms with Crippen LogP contribution in [0.4, 0.5) is 10.5 Å². The summed E-state index contributed by atoms with van der Waals surface area (Å²) in [5, 5.41) is 0. The van der Waals surface area contributed by atoms with Crippen molar-refractivity contribution in [3.8, 4) is 0 Å². The molecule has 0 saturated carbocycles. The normalized spacial score (nSPS) is 19.9. The molecule has 7 heteroatoms. The van der Waals surface area contributed by atoms with E-state index in [0.29, 0.717) is 18.8 Å². The smallest absolute Gasteiger partial charge is 0.534 e. The van der Waals surface area contributed by atoms with Crippen molar-refractivity contribution in [3.05, 3.63) is 36.6 Å². The van der Waals surface area contributed by atoms with E-state index >= 15 is 0 Å². The van der Waals surface area contributed by atoms with E-state index < -0.39 is 18.3 Å². The highest BCUT2D eigenvalue weighted by molar-refractivity contribution is 6.62. The zero-order valence-electron chi connectivity index (χ0n) is 16.9. The van der Waals surface area contributed by atoms with Crippen molar-refractivity contribution >= 4 is 24.4 Å². The summed E-state index contributed by atoms with van der Waals surface area (Å²) in [6.45, 7) is 16.3. The van der Waals surface area contributed by atoms with Crippen molar-refractivity contribution in [3.63, 3.8) is 0 Å². The van der Waals surface area contributed by atoms with Gasteiger partial charge in [0.25, 0.3) is 0 Å². The highest BCUT2D eigenvalue weighted by atomic mass is 16.7. The molecule has 0 N–H and O–H groups in total. The molecule has 2 heterocycles. The van der Waals surface area contributed by atoms with Gasteiger partial charge in [0.2, 0.25) is 0 Å². The van der Waals surface area contributed by atoms with E-state index in [1.165, 1.54) is 0 Å². The second-order valence-electron chi connectivity index (χ2n) is 8.55. The first-order valence-electron chi connectivity index (χ1n) is 9.42. The molecule has 6 nitrogen and oxygen atoms in total. The van der Waals surface area contributed by atoms with Crippen molar-refractivity contribution in [2.24, 2.45) is 0 Å². The summed E-state index contributed by atoms with van der Waals surface area (Å²) >= 11 is 0. The molecule has 27 heavy (non-hydrogen) atoms. The summed E-state index contributed by atoms with van der Waals surface area (Å²) in [4.78, 5) is 16.2. The van der Waals surface area contributed by atoms with E-state index in [9.17, 15) is 4.79 Å². The van der Waals surface area contributed by atoms with E-state index in [-0.39, 0.29) is 6.09 Å². The summed E-state index contributed by atoms with van der Waals surface area (Å²) in [6.07, 6.45) is -0.240. The SMILES string of the molecule is C=C1OB(c2ccc(N3CCN(C(=O)OC(C)(C)C)CC3)cc2)OC1(C)C. The molecule has 3 rings (SSSR count). The van der Waals surface area contributed by atoms with Gasteiger partial charge < -0.3 is 23.8 Å². The molecule has 0 spiro atoms. The topological polar surface area (TPSA) is 51.2 Å². The summed E-state index contributed by atoms with van der Waals surface area (Å²) in [5.74, 6) is 0.648. The number of hydrogen-bond donors (Lipinski definition) is 0. The molecular formula is C20H29BN2O4. The molecule has 1 aromatic rings. The summed E-state index contributed by atoms with van der Waals surface area (Å²) in [7, 11) is -0.412. The van der Waals surface area contributed by atoms with E-state index in [4.69, 9.17) is 14.0 Å². The first-order chi connectivity index (χ1) is 12.5. The van der Waals surface area contributed by atoms with Crippen molar-refractivity contribution in [1.82, 2.24) is 4.90 Å². The fraction of sp³-hybridized carbons (Fsp3) is 0.550. The number of ether oxygens (including phenoxy) is 1. The van der Waals surface area contributed by atoms with Crippen molar-refractivity contribution in [1.29, 1.82) is 0 Å². The molecule has 2 aliphatic heterocycles. The second kappa shape index (κ2) is 7.11. The van der Waals surface area contributed by atoms with E-state index in [1.807, 2.05) is 46.8 Å². The largest absolute Gasteiger partial charge is 0.563 e. The molecule has 1 amide bonds. The van der Waals surface area contributed by atoms with E-state index in [1.54, 1.807) is 4.90 Å². The van der Waals surface area contributed by atoms with Crippen LogP contribution in [0.2, 0.25) is 0 Å². The molecule has 146 valence electrons. The van der Waals surface area contributed by atoms with Crippen LogP contribution < -0.4 is 10.4 Å². The Kier molecular flexibility index (Phi) is 5.17. The number of piperazine rings is 1. The van der Waals surface area contributed by atoms with Crippen LogP contribution in [0.3, 0.4) is 0 Å². The van der Waals surface area contributed by atoms with Crippen LogP contribution in [0, 0.1) is 0 Å². The molecule has 2 aliphatic rings. The van der Waals surface area contributed by atoms with Gasteiger partial charge in [-0.25, -0.2) is 4.79 Å². The van der Waals surface area contributed by atoms with Crippen LogP contribution in [-0.2, 0) is 14.0 Å². The van der Waals surface area contributed by atoms with Gasteiger partial charge in [-0.3, -0.25) is 0 Å². The Labute approximate surface area is 162 Å². The molecule has 2 saturated heterocycles. The zero-order chi connectivity index (χ0) is 19.8. The first kappa shape index (κ1) is 19.6. The van der Waals surface area contributed by atoms with Gasteiger partial charge in [-0.05, 0) is 52.2 Å². The molecule has 0 radical (unpaired) electrons. The number of rotatable bonds is 2. The third-order valence-electron chi connectivity index (χ3n) is 4.78. The number of nitrogens with zero attached hydrogens (tertiary/aromatic N) is 2. The molecule has 0 aliphatic carbocycles. The highest BCUT2D eigenvalue weighted by Crippen LogP contribution is 2.29. The lowest BCUT2D eigenvalue weighted by Gasteiger charge is -2.36. The van der Waals surface area contributed by atoms with Gasteiger partial charge in [0, 0.05) is 31.9 Å². The Bertz CT molecular complexity index is 704. The monoisotopic (exact) mass is 372 g/mol. The minimum absolute atomic E-state index is 0.240. The Morgan fingerprint density at radius 2 is 1.74 bits per heavy atom. The molecular weight excluding hydrogens is 343 g/mol. The number of hydrogen-bond acceptors (Lipinski definition) is 5. The second-order valence-corrected chi connectivity index (χ2v) is 8.55. The van der Waals surface area contributed by atoms with Gasteiger partial charge in [0.05, 0.1) is 5.76 Å². The third kappa shape index (κ3) is 4.58. The number of benzene rings is 1. The predicted molar refractivity (Wildman–Crippen MR) is 107 cm³/mol. The fourth-order valence-corrected chi connectivity index (χ4v) is 3.08. The zero-order valence-corrected chi connectivity index (χ0v) is 16.9. The molecule has 0 bridgehead atoms.